The molecule has 0 aromatic heterocycles. The van der Waals surface area contributed by atoms with Crippen LogP contribution in [-0.2, 0) is 10.0 Å². The Kier molecular flexibility index (Phi) is 7.92. The molecule has 0 spiro atoms. The molecule has 0 unspecified atom stereocenters. The summed E-state index contributed by atoms with van der Waals surface area (Å²) in [7, 11) is -3.91. The second-order valence-corrected chi connectivity index (χ2v) is 9.14. The van der Waals surface area contributed by atoms with E-state index in [0.717, 1.165) is 0 Å². The van der Waals surface area contributed by atoms with E-state index < -0.39 is 15.9 Å². The fourth-order valence-corrected chi connectivity index (χ4v) is 4.13. The number of halogens is 1. The summed E-state index contributed by atoms with van der Waals surface area (Å²) < 4.78 is 27.7. The van der Waals surface area contributed by atoms with Crippen LogP contribution in [0.1, 0.15) is 27.1 Å². The second kappa shape index (κ2) is 10.8. The molecule has 3 rings (SSSR count). The van der Waals surface area contributed by atoms with E-state index in [9.17, 15) is 23.1 Å². The number of hydrogen-bond acceptors (Lipinski definition) is 5. The molecule has 3 aromatic rings. The van der Waals surface area contributed by atoms with Gasteiger partial charge in [0.2, 0.25) is 0 Å². The molecule has 0 heterocycles. The molecule has 0 aliphatic carbocycles. The number of para-hydroxylation sites is 1. The molecule has 0 saturated heterocycles. The number of phenols is 1. The summed E-state index contributed by atoms with van der Waals surface area (Å²) in [5, 5.41) is 15.3. The minimum absolute atomic E-state index is 0.000245. The third-order valence-electron chi connectivity index (χ3n) is 4.57. The highest BCUT2D eigenvalue weighted by Crippen LogP contribution is 2.21. The van der Waals surface area contributed by atoms with E-state index in [2.05, 4.69) is 15.4 Å². The number of nitrogens with one attached hydrogen (secondary N) is 3. The molecule has 2 amide bonds. The van der Waals surface area contributed by atoms with Crippen LogP contribution in [0.3, 0.4) is 0 Å². The molecule has 0 saturated carbocycles. The lowest BCUT2D eigenvalue weighted by molar-refractivity contribution is 0.0952. The third-order valence-corrected chi connectivity index (χ3v) is 6.21. The highest BCUT2D eigenvalue weighted by molar-refractivity contribution is 7.92. The predicted molar refractivity (Wildman–Crippen MR) is 126 cm³/mol. The normalized spacial score (nSPS) is 10.9. The number of phenolic OH excluding ortho intramolecular Hbond substituents is 1. The summed E-state index contributed by atoms with van der Waals surface area (Å²) >= 11 is 5.81. The number of amides is 2. The van der Waals surface area contributed by atoms with Gasteiger partial charge in [-0.3, -0.25) is 14.3 Å². The fourth-order valence-electron chi connectivity index (χ4n) is 2.92. The Morgan fingerprint density at radius 3 is 2.21 bits per heavy atom. The molecular weight excluding hydrogens is 466 g/mol. The van der Waals surface area contributed by atoms with Crippen molar-refractivity contribution in [2.75, 3.05) is 17.8 Å². The highest BCUT2D eigenvalue weighted by Gasteiger charge is 2.18. The number of sulfonamides is 1. The van der Waals surface area contributed by atoms with Crippen molar-refractivity contribution in [1.82, 2.24) is 10.6 Å². The van der Waals surface area contributed by atoms with E-state index in [1.54, 1.807) is 24.3 Å². The van der Waals surface area contributed by atoms with E-state index in [0.29, 0.717) is 23.6 Å². The number of hydrogen-bond donors (Lipinski definition) is 4. The quantitative estimate of drug-likeness (QED) is 0.344. The van der Waals surface area contributed by atoms with Gasteiger partial charge in [0.1, 0.15) is 5.75 Å². The van der Waals surface area contributed by atoms with Crippen molar-refractivity contribution in [2.24, 2.45) is 0 Å². The average Bonchev–Trinajstić information content (AvgIpc) is 2.79. The molecule has 10 heteroatoms. The maximum atomic E-state index is 12.6. The predicted octanol–water partition coefficient (Wildman–Crippen LogP) is 3.40. The van der Waals surface area contributed by atoms with Gasteiger partial charge in [-0.05, 0) is 61.0 Å². The minimum atomic E-state index is -3.91. The molecule has 0 aliphatic rings. The first-order valence-electron chi connectivity index (χ1n) is 9.99. The third kappa shape index (κ3) is 6.71. The van der Waals surface area contributed by atoms with Gasteiger partial charge in [-0.15, -0.1) is 0 Å². The second-order valence-electron chi connectivity index (χ2n) is 7.02. The van der Waals surface area contributed by atoms with Gasteiger partial charge in [0, 0.05) is 23.7 Å². The first-order valence-corrected chi connectivity index (χ1v) is 11.9. The van der Waals surface area contributed by atoms with Crippen LogP contribution in [-0.4, -0.2) is 38.4 Å². The Morgan fingerprint density at radius 2 is 1.52 bits per heavy atom. The number of carbonyl (C=O) groups excluding carboxylic acids is 2. The van der Waals surface area contributed by atoms with Crippen LogP contribution in [0.4, 0.5) is 5.69 Å². The molecule has 0 bridgehead atoms. The fraction of sp³-hybridized carbons (Fsp3) is 0.130. The Hall–Kier alpha value is -3.56. The van der Waals surface area contributed by atoms with E-state index in [1.807, 2.05) is 0 Å². The van der Waals surface area contributed by atoms with Crippen molar-refractivity contribution in [3.05, 3.63) is 88.9 Å². The van der Waals surface area contributed by atoms with Gasteiger partial charge in [-0.25, -0.2) is 8.42 Å². The van der Waals surface area contributed by atoms with Crippen molar-refractivity contribution in [3.63, 3.8) is 0 Å². The molecule has 33 heavy (non-hydrogen) atoms. The topological polar surface area (TPSA) is 125 Å². The van der Waals surface area contributed by atoms with Crippen LogP contribution in [0, 0.1) is 0 Å². The van der Waals surface area contributed by atoms with Crippen LogP contribution in [0.5, 0.6) is 5.75 Å². The molecule has 4 N–H and O–H groups in total. The van der Waals surface area contributed by atoms with Crippen molar-refractivity contribution < 1.29 is 23.1 Å². The zero-order chi connectivity index (χ0) is 23.8. The van der Waals surface area contributed by atoms with Gasteiger partial charge in [-0.2, -0.15) is 0 Å². The van der Waals surface area contributed by atoms with Gasteiger partial charge in [0.25, 0.3) is 21.8 Å². The monoisotopic (exact) mass is 487 g/mol. The molecular formula is C23H22ClN3O5S. The average molecular weight is 488 g/mol. The lowest BCUT2D eigenvalue weighted by atomic mass is 10.1. The van der Waals surface area contributed by atoms with Crippen molar-refractivity contribution in [2.45, 2.75) is 11.3 Å². The van der Waals surface area contributed by atoms with E-state index in [-0.39, 0.29) is 34.3 Å². The zero-order valence-electron chi connectivity index (χ0n) is 17.4. The van der Waals surface area contributed by atoms with Crippen LogP contribution in [0.15, 0.2) is 77.7 Å². The summed E-state index contributed by atoms with van der Waals surface area (Å²) in [5.41, 5.74) is 0.641. The first-order chi connectivity index (χ1) is 15.8. The number of aromatic hydroxyl groups is 1. The lowest BCUT2D eigenvalue weighted by Crippen LogP contribution is -2.30. The highest BCUT2D eigenvalue weighted by atomic mass is 35.5. The standard InChI is InChI=1S/C23H22ClN3O5S/c24-17-9-11-19(12-10-17)33(31,32)27-21-8-2-1-7-20(21)23(30)26-14-4-13-25-22(29)16-5-3-6-18(28)15-16/h1-3,5-12,15,27-28H,4,13-14H2,(H,25,29)(H,26,30). The minimum Gasteiger partial charge on any atom is -0.508 e. The van der Waals surface area contributed by atoms with E-state index in [1.165, 1.54) is 48.5 Å². The van der Waals surface area contributed by atoms with Crippen molar-refractivity contribution >= 4 is 39.1 Å². The maximum absolute atomic E-state index is 12.6. The number of carbonyl (C=O) groups is 2. The molecule has 0 fully saturated rings. The van der Waals surface area contributed by atoms with Crippen molar-refractivity contribution in [3.8, 4) is 5.75 Å². The molecule has 0 aliphatic heterocycles. The Morgan fingerprint density at radius 1 is 0.848 bits per heavy atom. The molecule has 172 valence electrons. The summed E-state index contributed by atoms with van der Waals surface area (Å²) in [6.07, 6.45) is 0.453. The maximum Gasteiger partial charge on any atom is 0.261 e. The smallest absolute Gasteiger partial charge is 0.261 e. The Balaban J connectivity index is 1.54. The van der Waals surface area contributed by atoms with Crippen LogP contribution < -0.4 is 15.4 Å². The Bertz CT molecular complexity index is 1250. The number of anilines is 1. The number of rotatable bonds is 9. The van der Waals surface area contributed by atoms with Crippen LogP contribution in [0.25, 0.3) is 0 Å². The van der Waals surface area contributed by atoms with Gasteiger partial charge in [-0.1, -0.05) is 29.8 Å². The van der Waals surface area contributed by atoms with Gasteiger partial charge >= 0.3 is 0 Å². The molecule has 0 radical (unpaired) electrons. The molecule has 8 nitrogen and oxygen atoms in total. The first kappa shape index (κ1) is 24.1. The molecule has 0 atom stereocenters. The summed E-state index contributed by atoms with van der Waals surface area (Å²) in [6.45, 7) is 0.567. The van der Waals surface area contributed by atoms with Gasteiger partial charge in [0.15, 0.2) is 0 Å². The SMILES string of the molecule is O=C(NCCCNC(=O)c1ccccc1NS(=O)(=O)c1ccc(Cl)cc1)c1cccc(O)c1. The zero-order valence-corrected chi connectivity index (χ0v) is 19.0. The molecule has 3 aromatic carbocycles. The van der Waals surface area contributed by atoms with Crippen LogP contribution in [0.2, 0.25) is 5.02 Å². The summed E-state index contributed by atoms with van der Waals surface area (Å²) in [6, 6.07) is 17.9. The Labute approximate surface area is 196 Å². The van der Waals surface area contributed by atoms with Gasteiger partial charge in [0.05, 0.1) is 16.1 Å². The summed E-state index contributed by atoms with van der Waals surface area (Å²) in [5.74, 6) is -0.789. The van der Waals surface area contributed by atoms with Crippen molar-refractivity contribution in [1.29, 1.82) is 0 Å². The van der Waals surface area contributed by atoms with Gasteiger partial charge < -0.3 is 15.7 Å². The summed E-state index contributed by atoms with van der Waals surface area (Å²) in [4.78, 5) is 24.7. The largest absolute Gasteiger partial charge is 0.508 e. The van der Waals surface area contributed by atoms with Crippen LogP contribution >= 0.6 is 11.6 Å². The van der Waals surface area contributed by atoms with E-state index in [4.69, 9.17) is 11.6 Å². The number of benzene rings is 3. The van der Waals surface area contributed by atoms with E-state index >= 15 is 0 Å². The lowest BCUT2D eigenvalue weighted by Gasteiger charge is -2.13.